The molecule has 4 heteroatoms. The van der Waals surface area contributed by atoms with Gasteiger partial charge in [0.05, 0.1) is 5.41 Å². The Hall–Kier alpha value is -1.84. The zero-order valence-corrected chi connectivity index (χ0v) is 13.6. The Morgan fingerprint density at radius 2 is 1.86 bits per heavy atom. The summed E-state index contributed by atoms with van der Waals surface area (Å²) in [5.74, 6) is -0.895. The fraction of sp³-hybridized carbons (Fsp3) is 0.556. The first-order chi connectivity index (χ1) is 10.3. The highest BCUT2D eigenvalue weighted by atomic mass is 16.4. The summed E-state index contributed by atoms with van der Waals surface area (Å²) in [6.07, 6.45) is 3.05. The number of carboxylic acids is 1. The molecule has 1 amide bonds. The summed E-state index contributed by atoms with van der Waals surface area (Å²) < 4.78 is 0. The average molecular weight is 303 g/mol. The van der Waals surface area contributed by atoms with Crippen LogP contribution < -0.4 is 0 Å². The molecule has 1 aromatic carbocycles. The van der Waals surface area contributed by atoms with Crippen LogP contribution in [0.25, 0.3) is 0 Å². The lowest BCUT2D eigenvalue weighted by molar-refractivity contribution is -0.159. The number of rotatable bonds is 6. The summed E-state index contributed by atoms with van der Waals surface area (Å²) in [6, 6.07) is 8.35. The SMILES string of the molecule is Cc1ccc(CC(C)N(C)C(=O)CC2(C(=O)O)CCC2)cc1. The van der Waals surface area contributed by atoms with E-state index in [1.807, 2.05) is 13.8 Å². The van der Waals surface area contributed by atoms with Crippen LogP contribution in [0.5, 0.6) is 0 Å². The molecule has 0 aromatic heterocycles. The summed E-state index contributed by atoms with van der Waals surface area (Å²) in [5.41, 5.74) is 1.60. The molecule has 0 aliphatic heterocycles. The van der Waals surface area contributed by atoms with Gasteiger partial charge in [0.1, 0.15) is 0 Å². The van der Waals surface area contributed by atoms with Gasteiger partial charge >= 0.3 is 5.97 Å². The predicted octanol–water partition coefficient (Wildman–Crippen LogP) is 3.03. The lowest BCUT2D eigenvalue weighted by Gasteiger charge is -2.38. The molecular weight excluding hydrogens is 278 g/mol. The molecule has 4 nitrogen and oxygen atoms in total. The van der Waals surface area contributed by atoms with Crippen molar-refractivity contribution in [2.24, 2.45) is 5.41 Å². The molecule has 2 rings (SSSR count). The van der Waals surface area contributed by atoms with Gasteiger partial charge in [-0.1, -0.05) is 36.2 Å². The molecule has 1 saturated carbocycles. The number of hydrogen-bond acceptors (Lipinski definition) is 2. The van der Waals surface area contributed by atoms with E-state index in [0.29, 0.717) is 12.8 Å². The largest absolute Gasteiger partial charge is 0.481 e. The summed E-state index contributed by atoms with van der Waals surface area (Å²) in [4.78, 5) is 25.5. The molecule has 1 aliphatic rings. The molecule has 1 atom stereocenters. The average Bonchev–Trinajstić information content (AvgIpc) is 2.43. The van der Waals surface area contributed by atoms with E-state index in [9.17, 15) is 14.7 Å². The van der Waals surface area contributed by atoms with E-state index in [4.69, 9.17) is 0 Å². The molecule has 0 heterocycles. The minimum atomic E-state index is -0.827. The molecule has 1 aliphatic carbocycles. The van der Waals surface area contributed by atoms with Gasteiger partial charge in [-0.25, -0.2) is 0 Å². The first kappa shape index (κ1) is 16.5. The maximum atomic E-state index is 12.4. The summed E-state index contributed by atoms with van der Waals surface area (Å²) in [7, 11) is 1.77. The Balaban J connectivity index is 1.94. The van der Waals surface area contributed by atoms with E-state index in [1.165, 1.54) is 11.1 Å². The van der Waals surface area contributed by atoms with Gasteiger partial charge in [0.25, 0.3) is 0 Å². The van der Waals surface area contributed by atoms with Gasteiger partial charge in [-0.3, -0.25) is 9.59 Å². The van der Waals surface area contributed by atoms with E-state index in [2.05, 4.69) is 24.3 Å². The second-order valence-corrected chi connectivity index (χ2v) is 6.66. The Morgan fingerprint density at radius 1 is 1.27 bits per heavy atom. The first-order valence-electron chi connectivity index (χ1n) is 7.89. The number of aliphatic carboxylic acids is 1. The van der Waals surface area contributed by atoms with E-state index in [-0.39, 0.29) is 18.4 Å². The molecule has 0 spiro atoms. The van der Waals surface area contributed by atoms with Crippen molar-refractivity contribution in [3.8, 4) is 0 Å². The van der Waals surface area contributed by atoms with E-state index >= 15 is 0 Å². The van der Waals surface area contributed by atoms with Crippen molar-refractivity contribution in [3.63, 3.8) is 0 Å². The number of benzene rings is 1. The normalized spacial score (nSPS) is 17.4. The number of likely N-dealkylation sites (N-methyl/N-ethyl adjacent to an activating group) is 1. The number of nitrogens with zero attached hydrogens (tertiary/aromatic N) is 1. The van der Waals surface area contributed by atoms with Crippen molar-refractivity contribution in [3.05, 3.63) is 35.4 Å². The van der Waals surface area contributed by atoms with Crippen LogP contribution in [0.2, 0.25) is 0 Å². The third-order valence-corrected chi connectivity index (χ3v) is 4.96. The van der Waals surface area contributed by atoms with E-state index in [0.717, 1.165) is 12.8 Å². The quantitative estimate of drug-likeness (QED) is 0.879. The highest BCUT2D eigenvalue weighted by Crippen LogP contribution is 2.44. The van der Waals surface area contributed by atoms with Gasteiger partial charge in [0, 0.05) is 19.5 Å². The van der Waals surface area contributed by atoms with Crippen molar-refractivity contribution < 1.29 is 14.7 Å². The van der Waals surface area contributed by atoms with Crippen molar-refractivity contribution in [2.75, 3.05) is 7.05 Å². The molecular formula is C18H25NO3. The zero-order chi connectivity index (χ0) is 16.3. The summed E-state index contributed by atoms with van der Waals surface area (Å²) in [6.45, 7) is 4.05. The lowest BCUT2D eigenvalue weighted by Crippen LogP contribution is -2.45. The predicted molar refractivity (Wildman–Crippen MR) is 85.7 cm³/mol. The molecule has 0 bridgehead atoms. The zero-order valence-electron chi connectivity index (χ0n) is 13.6. The molecule has 1 unspecified atom stereocenters. The fourth-order valence-corrected chi connectivity index (χ4v) is 2.93. The second-order valence-electron chi connectivity index (χ2n) is 6.66. The first-order valence-corrected chi connectivity index (χ1v) is 7.89. The minimum absolute atomic E-state index is 0.0566. The molecule has 1 N–H and O–H groups in total. The second kappa shape index (κ2) is 6.51. The maximum absolute atomic E-state index is 12.4. The summed E-state index contributed by atoms with van der Waals surface area (Å²) in [5, 5.41) is 9.34. The molecule has 22 heavy (non-hydrogen) atoms. The highest BCUT2D eigenvalue weighted by Gasteiger charge is 2.46. The molecule has 1 fully saturated rings. The van der Waals surface area contributed by atoms with Crippen LogP contribution in [-0.4, -0.2) is 35.0 Å². The van der Waals surface area contributed by atoms with Gasteiger partial charge in [-0.15, -0.1) is 0 Å². The van der Waals surface area contributed by atoms with Crippen LogP contribution >= 0.6 is 0 Å². The minimum Gasteiger partial charge on any atom is -0.481 e. The smallest absolute Gasteiger partial charge is 0.310 e. The number of carbonyl (C=O) groups excluding carboxylic acids is 1. The van der Waals surface area contributed by atoms with E-state index in [1.54, 1.807) is 11.9 Å². The van der Waals surface area contributed by atoms with Gasteiger partial charge in [-0.2, -0.15) is 0 Å². The van der Waals surface area contributed by atoms with Gasteiger partial charge in [0.2, 0.25) is 5.91 Å². The molecule has 1 aromatic rings. The fourth-order valence-electron chi connectivity index (χ4n) is 2.93. The van der Waals surface area contributed by atoms with Crippen LogP contribution in [0, 0.1) is 12.3 Å². The number of aryl methyl sites for hydroxylation is 1. The van der Waals surface area contributed by atoms with Crippen LogP contribution in [0.1, 0.15) is 43.7 Å². The summed E-state index contributed by atoms with van der Waals surface area (Å²) >= 11 is 0. The monoisotopic (exact) mass is 303 g/mol. The Labute approximate surface area is 132 Å². The standard InChI is InChI=1S/C18H25NO3/c1-13-5-7-15(8-6-13)11-14(2)19(3)16(20)12-18(17(21)22)9-4-10-18/h5-8,14H,4,9-12H2,1-3H3,(H,21,22). The van der Waals surface area contributed by atoms with E-state index < -0.39 is 11.4 Å². The number of carboxylic acid groups (broad SMARTS) is 1. The topological polar surface area (TPSA) is 57.6 Å². The number of amides is 1. The molecule has 0 radical (unpaired) electrons. The number of carbonyl (C=O) groups is 2. The van der Waals surface area contributed by atoms with Gasteiger partial charge in [0.15, 0.2) is 0 Å². The third-order valence-electron chi connectivity index (χ3n) is 4.96. The van der Waals surface area contributed by atoms with Crippen LogP contribution in [0.4, 0.5) is 0 Å². The Bertz CT molecular complexity index is 546. The molecule has 0 saturated heterocycles. The lowest BCUT2D eigenvalue weighted by atomic mass is 9.66. The van der Waals surface area contributed by atoms with Gasteiger partial charge < -0.3 is 10.0 Å². The van der Waals surface area contributed by atoms with Crippen LogP contribution in [-0.2, 0) is 16.0 Å². The highest BCUT2D eigenvalue weighted by molar-refractivity contribution is 5.85. The maximum Gasteiger partial charge on any atom is 0.310 e. The Kier molecular flexibility index (Phi) is 4.89. The van der Waals surface area contributed by atoms with Crippen molar-refractivity contribution in [1.82, 2.24) is 4.90 Å². The van der Waals surface area contributed by atoms with Crippen LogP contribution in [0.15, 0.2) is 24.3 Å². The van der Waals surface area contributed by atoms with Crippen molar-refractivity contribution in [1.29, 1.82) is 0 Å². The van der Waals surface area contributed by atoms with Crippen molar-refractivity contribution >= 4 is 11.9 Å². The molecule has 120 valence electrons. The third kappa shape index (κ3) is 3.49. The number of hydrogen-bond donors (Lipinski definition) is 1. The van der Waals surface area contributed by atoms with Crippen LogP contribution in [0.3, 0.4) is 0 Å². The van der Waals surface area contributed by atoms with Crippen molar-refractivity contribution in [2.45, 2.75) is 52.0 Å². The Morgan fingerprint density at radius 3 is 2.32 bits per heavy atom. The van der Waals surface area contributed by atoms with Gasteiger partial charge in [-0.05, 0) is 38.7 Å².